The number of hydrogen-bond donors (Lipinski definition) is 1. The summed E-state index contributed by atoms with van der Waals surface area (Å²) in [4.78, 5) is 34.5. The van der Waals surface area contributed by atoms with Crippen LogP contribution in [0.5, 0.6) is 0 Å². The average Bonchev–Trinajstić information content (AvgIpc) is 2.60. The Morgan fingerprint density at radius 1 is 1.16 bits per heavy atom. The summed E-state index contributed by atoms with van der Waals surface area (Å²) in [7, 11) is -1.39. The third-order valence-corrected chi connectivity index (χ3v) is 4.10. The van der Waals surface area contributed by atoms with Gasteiger partial charge in [-0.1, -0.05) is 24.3 Å². The lowest BCUT2D eigenvalue weighted by Gasteiger charge is -2.08. The van der Waals surface area contributed by atoms with Crippen molar-refractivity contribution in [3.63, 3.8) is 0 Å². The molecule has 25 heavy (non-hydrogen) atoms. The number of para-hydroxylation sites is 2. The molecule has 0 fully saturated rings. The second kappa shape index (κ2) is 8.15. The van der Waals surface area contributed by atoms with Gasteiger partial charge in [0.1, 0.15) is 5.69 Å². The lowest BCUT2D eigenvalue weighted by Crippen LogP contribution is -2.22. The number of ether oxygens (including phenoxy) is 1. The Bertz CT molecular complexity index is 852. The van der Waals surface area contributed by atoms with Crippen LogP contribution in [0.1, 0.15) is 10.4 Å². The summed E-state index contributed by atoms with van der Waals surface area (Å²) in [5.41, 5.74) is -0.167. The molecule has 2 rings (SSSR count). The molecule has 9 heteroatoms. The van der Waals surface area contributed by atoms with Crippen molar-refractivity contribution in [2.75, 3.05) is 18.2 Å². The normalized spacial score (nSPS) is 11.4. The highest BCUT2D eigenvalue weighted by atomic mass is 32.2. The van der Waals surface area contributed by atoms with Gasteiger partial charge in [0.05, 0.1) is 26.2 Å². The van der Waals surface area contributed by atoms with Crippen molar-refractivity contribution in [2.45, 2.75) is 4.90 Å². The molecule has 0 saturated carbocycles. The van der Waals surface area contributed by atoms with Crippen LogP contribution in [0.2, 0.25) is 0 Å². The number of nitrogens with one attached hydrogen (secondary N) is 1. The minimum atomic E-state index is -1.39. The number of amides is 1. The van der Waals surface area contributed by atoms with Crippen LogP contribution in [-0.2, 0) is 20.3 Å². The fourth-order valence-corrected chi connectivity index (χ4v) is 2.75. The zero-order valence-electron chi connectivity index (χ0n) is 13.1. The number of nitro benzene ring substituents is 1. The molecule has 0 radical (unpaired) electrons. The van der Waals surface area contributed by atoms with E-state index in [-0.39, 0.29) is 16.9 Å². The standard InChI is InChI=1S/C16H14N2O6S/c1-25(23)14-9-5-2-6-11(14)16(20)24-10-15(19)17-12-7-3-4-8-13(12)18(21)22/h2-9H,10H2,1H3,(H,17,19)/t25-/m0/s1. The van der Waals surface area contributed by atoms with E-state index in [9.17, 15) is 23.9 Å². The first-order valence-electron chi connectivity index (χ1n) is 7.03. The van der Waals surface area contributed by atoms with Crippen molar-refractivity contribution in [3.8, 4) is 0 Å². The first kappa shape index (κ1) is 18.3. The van der Waals surface area contributed by atoms with Crippen LogP contribution >= 0.6 is 0 Å². The summed E-state index contributed by atoms with van der Waals surface area (Å²) in [6, 6.07) is 11.8. The maximum atomic E-state index is 12.1. The fraction of sp³-hybridized carbons (Fsp3) is 0.125. The first-order chi connectivity index (χ1) is 11.9. The van der Waals surface area contributed by atoms with Gasteiger partial charge in [-0.25, -0.2) is 4.79 Å². The van der Waals surface area contributed by atoms with Gasteiger partial charge in [-0.05, 0) is 18.2 Å². The smallest absolute Gasteiger partial charge is 0.339 e. The highest BCUT2D eigenvalue weighted by Gasteiger charge is 2.18. The summed E-state index contributed by atoms with van der Waals surface area (Å²) in [6.45, 7) is -0.629. The number of hydrogen-bond acceptors (Lipinski definition) is 6. The summed E-state index contributed by atoms with van der Waals surface area (Å²) >= 11 is 0. The highest BCUT2D eigenvalue weighted by molar-refractivity contribution is 7.84. The second-order valence-corrected chi connectivity index (χ2v) is 6.20. The predicted molar refractivity (Wildman–Crippen MR) is 90.8 cm³/mol. The fourth-order valence-electron chi connectivity index (χ4n) is 2.02. The molecule has 1 N–H and O–H groups in total. The molecule has 0 bridgehead atoms. The van der Waals surface area contributed by atoms with E-state index in [0.717, 1.165) is 0 Å². The van der Waals surface area contributed by atoms with Crippen molar-refractivity contribution in [1.82, 2.24) is 0 Å². The van der Waals surface area contributed by atoms with Crippen LogP contribution in [0.15, 0.2) is 53.4 Å². The molecule has 0 heterocycles. The number of anilines is 1. The van der Waals surface area contributed by atoms with E-state index >= 15 is 0 Å². The molecule has 8 nitrogen and oxygen atoms in total. The van der Waals surface area contributed by atoms with Crippen LogP contribution in [0.3, 0.4) is 0 Å². The molecule has 2 aromatic carbocycles. The molecule has 1 atom stereocenters. The molecule has 0 spiro atoms. The summed E-state index contributed by atoms with van der Waals surface area (Å²) < 4.78 is 16.5. The van der Waals surface area contributed by atoms with Crippen molar-refractivity contribution < 1.29 is 23.5 Å². The Balaban J connectivity index is 2.03. The van der Waals surface area contributed by atoms with Crippen molar-refractivity contribution in [3.05, 3.63) is 64.2 Å². The molecule has 0 saturated heterocycles. The third-order valence-electron chi connectivity index (χ3n) is 3.13. The van der Waals surface area contributed by atoms with E-state index in [1.807, 2.05) is 0 Å². The molecule has 0 unspecified atom stereocenters. The number of esters is 1. The molecule has 0 aliphatic carbocycles. The zero-order chi connectivity index (χ0) is 18.4. The first-order valence-corrected chi connectivity index (χ1v) is 8.59. The third kappa shape index (κ3) is 4.70. The molecule has 0 aromatic heterocycles. The number of benzene rings is 2. The number of carbonyl (C=O) groups excluding carboxylic acids is 2. The Hall–Kier alpha value is -3.07. The van der Waals surface area contributed by atoms with E-state index < -0.39 is 34.2 Å². The van der Waals surface area contributed by atoms with Gasteiger partial charge in [-0.2, -0.15) is 0 Å². The quantitative estimate of drug-likeness (QED) is 0.478. The number of nitro groups is 1. The van der Waals surface area contributed by atoms with Gasteiger partial charge in [0.25, 0.3) is 11.6 Å². The van der Waals surface area contributed by atoms with Gasteiger partial charge in [0, 0.05) is 12.3 Å². The van der Waals surface area contributed by atoms with Crippen LogP contribution in [-0.4, -0.2) is 33.9 Å². The predicted octanol–water partition coefficient (Wildman–Crippen LogP) is 2.13. The van der Waals surface area contributed by atoms with E-state index in [0.29, 0.717) is 4.90 Å². The monoisotopic (exact) mass is 362 g/mol. The Morgan fingerprint density at radius 2 is 1.80 bits per heavy atom. The van der Waals surface area contributed by atoms with Crippen LogP contribution in [0, 0.1) is 10.1 Å². The van der Waals surface area contributed by atoms with Gasteiger partial charge in [0.15, 0.2) is 6.61 Å². The number of rotatable bonds is 6. The van der Waals surface area contributed by atoms with Gasteiger partial charge >= 0.3 is 5.97 Å². The molecule has 0 aliphatic heterocycles. The van der Waals surface area contributed by atoms with E-state index in [4.69, 9.17) is 4.74 Å². The van der Waals surface area contributed by atoms with Crippen molar-refractivity contribution in [2.24, 2.45) is 0 Å². The maximum Gasteiger partial charge on any atom is 0.339 e. The molecule has 1 amide bonds. The maximum absolute atomic E-state index is 12.1. The van der Waals surface area contributed by atoms with Gasteiger partial charge in [0.2, 0.25) is 0 Å². The lowest BCUT2D eigenvalue weighted by molar-refractivity contribution is -0.383. The highest BCUT2D eigenvalue weighted by Crippen LogP contribution is 2.23. The van der Waals surface area contributed by atoms with Crippen LogP contribution in [0.4, 0.5) is 11.4 Å². The number of carbonyl (C=O) groups is 2. The SMILES string of the molecule is C[S@](=O)c1ccccc1C(=O)OCC(=O)Nc1ccccc1[N+](=O)[O-]. The lowest BCUT2D eigenvalue weighted by atomic mass is 10.2. The van der Waals surface area contributed by atoms with E-state index in [1.54, 1.807) is 12.1 Å². The molecule has 2 aromatic rings. The van der Waals surface area contributed by atoms with Crippen LogP contribution in [0.25, 0.3) is 0 Å². The largest absolute Gasteiger partial charge is 0.452 e. The second-order valence-electron chi connectivity index (χ2n) is 4.85. The average molecular weight is 362 g/mol. The van der Waals surface area contributed by atoms with E-state index in [2.05, 4.69) is 5.32 Å². The Labute approximate surface area is 145 Å². The van der Waals surface area contributed by atoms with Gasteiger partial charge in [-0.3, -0.25) is 19.1 Å². The Morgan fingerprint density at radius 3 is 2.48 bits per heavy atom. The molecule has 0 aliphatic rings. The molecule has 130 valence electrons. The van der Waals surface area contributed by atoms with Gasteiger partial charge in [-0.15, -0.1) is 0 Å². The number of nitrogens with zero attached hydrogens (tertiary/aromatic N) is 1. The van der Waals surface area contributed by atoms with Crippen molar-refractivity contribution >= 4 is 34.1 Å². The minimum absolute atomic E-state index is 0.00334. The topological polar surface area (TPSA) is 116 Å². The summed E-state index contributed by atoms with van der Waals surface area (Å²) in [5, 5.41) is 13.2. The zero-order valence-corrected chi connectivity index (χ0v) is 13.9. The van der Waals surface area contributed by atoms with Gasteiger partial charge < -0.3 is 10.1 Å². The van der Waals surface area contributed by atoms with E-state index in [1.165, 1.54) is 42.7 Å². The molecular weight excluding hydrogens is 348 g/mol. The van der Waals surface area contributed by atoms with Crippen LogP contribution < -0.4 is 5.32 Å². The summed E-state index contributed by atoms with van der Waals surface area (Å²) in [6.07, 6.45) is 1.42. The minimum Gasteiger partial charge on any atom is -0.452 e. The molecular formula is C16H14N2O6S. The van der Waals surface area contributed by atoms with Crippen molar-refractivity contribution in [1.29, 1.82) is 0 Å². The summed E-state index contributed by atoms with van der Waals surface area (Å²) in [5.74, 6) is -1.53. The Kier molecular flexibility index (Phi) is 5.96.